The number of carboxylic acid groups (broad SMARTS) is 1. The lowest BCUT2D eigenvalue weighted by molar-refractivity contribution is -0.141. The van der Waals surface area contributed by atoms with E-state index >= 15 is 0 Å². The lowest BCUT2D eigenvalue weighted by Crippen LogP contribution is -2.41. The Morgan fingerprint density at radius 2 is 2.10 bits per heavy atom. The van der Waals surface area contributed by atoms with Crippen LogP contribution in [0.5, 0.6) is 0 Å². The van der Waals surface area contributed by atoms with E-state index in [1.807, 2.05) is 0 Å². The summed E-state index contributed by atoms with van der Waals surface area (Å²) in [5.41, 5.74) is 0. The summed E-state index contributed by atoms with van der Waals surface area (Å²) in [6.45, 7) is 3.26. The summed E-state index contributed by atoms with van der Waals surface area (Å²) < 4.78 is 0. The van der Waals surface area contributed by atoms with Gasteiger partial charge in [0.15, 0.2) is 0 Å². The number of carboxylic acids is 1. The van der Waals surface area contributed by atoms with Crippen molar-refractivity contribution in [1.29, 1.82) is 0 Å². The minimum atomic E-state index is -0.927. The zero-order chi connectivity index (χ0) is 8.15. The Morgan fingerprint density at radius 1 is 1.60 bits per heavy atom. The minimum Gasteiger partial charge on any atom is -0.480 e. The van der Waals surface area contributed by atoms with Gasteiger partial charge in [-0.05, 0) is 5.92 Å². The second-order valence-corrected chi connectivity index (χ2v) is 2.42. The van der Waals surface area contributed by atoms with Crippen LogP contribution in [0, 0.1) is 5.92 Å². The fourth-order valence-electron chi connectivity index (χ4n) is 0.707. The predicted molar refractivity (Wildman–Crippen MR) is 36.5 cm³/mol. The average Bonchev–Trinajstić information content (AvgIpc) is 1.81. The van der Waals surface area contributed by atoms with Gasteiger partial charge < -0.3 is 10.2 Å². The van der Waals surface area contributed by atoms with Crippen LogP contribution in [0.3, 0.4) is 0 Å². The Hall–Kier alpha value is -0.610. The van der Waals surface area contributed by atoms with E-state index < -0.39 is 12.0 Å². The number of carbonyl (C=O) groups is 1. The molecular formula is C6H13NO3. The van der Waals surface area contributed by atoms with Gasteiger partial charge in [-0.1, -0.05) is 13.8 Å². The Kier molecular flexibility index (Phi) is 3.99. The molecule has 0 saturated heterocycles. The molecule has 0 aromatic carbocycles. The first-order valence-electron chi connectivity index (χ1n) is 3.16. The van der Waals surface area contributed by atoms with Crippen molar-refractivity contribution in [1.82, 2.24) is 5.32 Å². The molecule has 10 heavy (non-hydrogen) atoms. The van der Waals surface area contributed by atoms with Gasteiger partial charge in [0.05, 0.1) is 6.73 Å². The molecule has 0 aliphatic heterocycles. The van der Waals surface area contributed by atoms with Crippen LogP contribution >= 0.6 is 0 Å². The monoisotopic (exact) mass is 147 g/mol. The van der Waals surface area contributed by atoms with E-state index in [4.69, 9.17) is 10.2 Å². The topological polar surface area (TPSA) is 69.6 Å². The number of rotatable bonds is 4. The lowest BCUT2D eigenvalue weighted by Gasteiger charge is -2.15. The molecule has 0 aliphatic rings. The number of hydrogen-bond donors (Lipinski definition) is 3. The second-order valence-electron chi connectivity index (χ2n) is 2.42. The van der Waals surface area contributed by atoms with Gasteiger partial charge in [-0.25, -0.2) is 0 Å². The van der Waals surface area contributed by atoms with Crippen LogP contribution in [0.15, 0.2) is 0 Å². The molecule has 0 amide bonds. The highest BCUT2D eigenvalue weighted by Crippen LogP contribution is 2.00. The zero-order valence-corrected chi connectivity index (χ0v) is 6.16. The van der Waals surface area contributed by atoms with Crippen molar-refractivity contribution < 1.29 is 15.0 Å². The first-order valence-corrected chi connectivity index (χ1v) is 3.16. The van der Waals surface area contributed by atoms with E-state index in [1.54, 1.807) is 13.8 Å². The van der Waals surface area contributed by atoms with Crippen molar-refractivity contribution in [3.63, 3.8) is 0 Å². The standard InChI is InChI=1S/C6H13NO3/c1-4(2)5(6(9)10)7-3-8/h4-5,7-8H,3H2,1-2H3,(H,9,10). The molecule has 0 bridgehead atoms. The third-order valence-corrected chi connectivity index (χ3v) is 1.24. The minimum absolute atomic E-state index is 0.00958. The van der Waals surface area contributed by atoms with Crippen LogP contribution in [0.1, 0.15) is 13.8 Å². The molecule has 0 saturated carbocycles. The maximum absolute atomic E-state index is 10.4. The molecule has 1 unspecified atom stereocenters. The number of aliphatic hydroxyl groups excluding tert-OH is 1. The summed E-state index contributed by atoms with van der Waals surface area (Å²) in [4.78, 5) is 10.4. The third-order valence-electron chi connectivity index (χ3n) is 1.24. The molecule has 4 nitrogen and oxygen atoms in total. The van der Waals surface area contributed by atoms with Crippen LogP contribution in [0.2, 0.25) is 0 Å². The van der Waals surface area contributed by atoms with Crippen LogP contribution in [0.4, 0.5) is 0 Å². The first kappa shape index (κ1) is 9.39. The van der Waals surface area contributed by atoms with Gasteiger partial charge in [-0.3, -0.25) is 10.1 Å². The maximum Gasteiger partial charge on any atom is 0.321 e. The van der Waals surface area contributed by atoms with Crippen molar-refractivity contribution in [2.45, 2.75) is 19.9 Å². The van der Waals surface area contributed by atoms with Gasteiger partial charge >= 0.3 is 5.97 Å². The van der Waals surface area contributed by atoms with Gasteiger partial charge in [0.2, 0.25) is 0 Å². The fourth-order valence-corrected chi connectivity index (χ4v) is 0.707. The highest BCUT2D eigenvalue weighted by atomic mass is 16.4. The summed E-state index contributed by atoms with van der Waals surface area (Å²) in [6.07, 6.45) is 0. The molecule has 0 aromatic rings. The summed E-state index contributed by atoms with van der Waals surface area (Å²) in [5.74, 6) is -0.936. The number of aliphatic carboxylic acids is 1. The van der Waals surface area contributed by atoms with Crippen LogP contribution in [0.25, 0.3) is 0 Å². The molecule has 0 spiro atoms. The Morgan fingerprint density at radius 3 is 2.20 bits per heavy atom. The Bertz CT molecular complexity index is 114. The van der Waals surface area contributed by atoms with Gasteiger partial charge in [0, 0.05) is 0 Å². The first-order chi connectivity index (χ1) is 4.59. The van der Waals surface area contributed by atoms with Gasteiger partial charge in [0.1, 0.15) is 6.04 Å². The van der Waals surface area contributed by atoms with Crippen molar-refractivity contribution >= 4 is 5.97 Å². The van der Waals surface area contributed by atoms with E-state index in [0.29, 0.717) is 0 Å². The van der Waals surface area contributed by atoms with E-state index in [0.717, 1.165) is 0 Å². The summed E-state index contributed by atoms with van der Waals surface area (Å²) in [7, 11) is 0. The summed E-state index contributed by atoms with van der Waals surface area (Å²) in [6, 6.07) is -0.648. The predicted octanol–water partition coefficient (Wildman–Crippen LogP) is -0.365. The molecule has 4 heteroatoms. The number of aliphatic hydroxyl groups is 1. The number of hydrogen-bond acceptors (Lipinski definition) is 3. The van der Waals surface area contributed by atoms with Crippen LogP contribution in [-0.2, 0) is 4.79 Å². The zero-order valence-electron chi connectivity index (χ0n) is 6.16. The largest absolute Gasteiger partial charge is 0.480 e. The molecule has 0 fully saturated rings. The van der Waals surface area contributed by atoms with E-state index in [2.05, 4.69) is 5.32 Å². The fraction of sp³-hybridized carbons (Fsp3) is 0.833. The lowest BCUT2D eigenvalue weighted by atomic mass is 10.1. The molecule has 3 N–H and O–H groups in total. The smallest absolute Gasteiger partial charge is 0.321 e. The normalized spacial score (nSPS) is 13.6. The molecule has 0 aliphatic carbocycles. The van der Waals surface area contributed by atoms with Gasteiger partial charge in [-0.2, -0.15) is 0 Å². The molecular weight excluding hydrogens is 134 g/mol. The average molecular weight is 147 g/mol. The molecule has 0 radical (unpaired) electrons. The third kappa shape index (κ3) is 2.80. The molecule has 60 valence electrons. The SMILES string of the molecule is CC(C)C(NCO)C(=O)O. The van der Waals surface area contributed by atoms with Gasteiger partial charge in [-0.15, -0.1) is 0 Å². The Labute approximate surface area is 59.9 Å². The van der Waals surface area contributed by atoms with Crippen molar-refractivity contribution in [2.75, 3.05) is 6.73 Å². The summed E-state index contributed by atoms with van der Waals surface area (Å²) >= 11 is 0. The van der Waals surface area contributed by atoms with Gasteiger partial charge in [0.25, 0.3) is 0 Å². The highest BCUT2D eigenvalue weighted by Gasteiger charge is 2.19. The van der Waals surface area contributed by atoms with E-state index in [9.17, 15) is 4.79 Å². The summed E-state index contributed by atoms with van der Waals surface area (Å²) in [5, 5.41) is 19.3. The quantitative estimate of drug-likeness (QED) is 0.475. The molecule has 0 aromatic heterocycles. The molecule has 0 heterocycles. The second kappa shape index (κ2) is 4.24. The van der Waals surface area contributed by atoms with E-state index in [-0.39, 0.29) is 12.6 Å². The van der Waals surface area contributed by atoms with E-state index in [1.165, 1.54) is 0 Å². The highest BCUT2D eigenvalue weighted by molar-refractivity contribution is 5.73. The van der Waals surface area contributed by atoms with Crippen LogP contribution < -0.4 is 5.32 Å². The Balaban J connectivity index is 3.85. The number of nitrogens with one attached hydrogen (secondary N) is 1. The van der Waals surface area contributed by atoms with Crippen molar-refractivity contribution in [2.24, 2.45) is 5.92 Å². The van der Waals surface area contributed by atoms with Crippen LogP contribution in [-0.4, -0.2) is 29.0 Å². The molecule has 1 atom stereocenters. The van der Waals surface area contributed by atoms with Crippen molar-refractivity contribution in [3.05, 3.63) is 0 Å². The maximum atomic E-state index is 10.4. The van der Waals surface area contributed by atoms with Crippen molar-refractivity contribution in [3.8, 4) is 0 Å². The molecule has 0 rings (SSSR count).